The Hall–Kier alpha value is -3.82. The molecule has 2 aliphatic rings. The summed E-state index contributed by atoms with van der Waals surface area (Å²) in [6.07, 6.45) is 0. The van der Waals surface area contributed by atoms with E-state index in [-0.39, 0.29) is 48.0 Å². The lowest BCUT2D eigenvalue weighted by atomic mass is 9.66. The van der Waals surface area contributed by atoms with Crippen LogP contribution in [0, 0.1) is 0 Å². The lowest BCUT2D eigenvalue weighted by Crippen LogP contribution is -2.51. The molecule has 0 amide bonds. The van der Waals surface area contributed by atoms with E-state index >= 15 is 0 Å². The highest BCUT2D eigenvalue weighted by atomic mass is 16.6. The van der Waals surface area contributed by atoms with Crippen LogP contribution in [0.4, 0.5) is 5.69 Å². The third-order valence-corrected chi connectivity index (χ3v) is 5.27. The Balaban J connectivity index is 2.42. The van der Waals surface area contributed by atoms with E-state index in [1.54, 1.807) is 38.1 Å². The molecule has 0 saturated heterocycles. The van der Waals surface area contributed by atoms with Gasteiger partial charge in [0.2, 0.25) is 0 Å². The first-order valence-electron chi connectivity index (χ1n) is 9.97. The fraction of sp³-hybridized carbons (Fsp3) is 0.364. The van der Waals surface area contributed by atoms with Gasteiger partial charge in [0, 0.05) is 11.3 Å². The van der Waals surface area contributed by atoms with E-state index in [1.165, 1.54) is 18.9 Å². The number of cyclic esters (lactones) is 1. The van der Waals surface area contributed by atoms with Crippen LogP contribution in [0.3, 0.4) is 0 Å². The summed E-state index contributed by atoms with van der Waals surface area (Å²) < 4.78 is 20.5. The lowest BCUT2D eigenvalue weighted by Gasteiger charge is -2.40. The molecule has 0 fully saturated rings. The van der Waals surface area contributed by atoms with Crippen LogP contribution in [-0.2, 0) is 43.5 Å². The van der Waals surface area contributed by atoms with Gasteiger partial charge in [0.05, 0.1) is 20.3 Å². The highest BCUT2D eigenvalue weighted by Gasteiger charge is 2.63. The van der Waals surface area contributed by atoms with Crippen LogP contribution in [-0.4, -0.2) is 50.7 Å². The molecule has 0 saturated carbocycles. The van der Waals surface area contributed by atoms with Crippen molar-refractivity contribution < 1.29 is 38.1 Å². The van der Waals surface area contributed by atoms with Crippen LogP contribution in [0.1, 0.15) is 26.3 Å². The van der Waals surface area contributed by atoms with Crippen LogP contribution in [0.5, 0.6) is 0 Å². The number of carbonyl (C=O) groups excluding carboxylic acids is 4. The van der Waals surface area contributed by atoms with Gasteiger partial charge in [0.25, 0.3) is 0 Å². The van der Waals surface area contributed by atoms with Crippen molar-refractivity contribution in [1.29, 1.82) is 0 Å². The van der Waals surface area contributed by atoms with Gasteiger partial charge >= 0.3 is 23.9 Å². The van der Waals surface area contributed by atoms with E-state index in [1.807, 2.05) is 0 Å². The van der Waals surface area contributed by atoms with Crippen molar-refractivity contribution in [3.8, 4) is 0 Å². The minimum atomic E-state index is -2.02. The zero-order chi connectivity index (χ0) is 23.6. The van der Waals surface area contributed by atoms with Gasteiger partial charge < -0.3 is 29.6 Å². The van der Waals surface area contributed by atoms with Crippen molar-refractivity contribution >= 4 is 29.6 Å². The van der Waals surface area contributed by atoms with Gasteiger partial charge in [-0.15, -0.1) is 0 Å². The average molecular weight is 444 g/mol. The maximum atomic E-state index is 13.4. The molecule has 32 heavy (non-hydrogen) atoms. The summed E-state index contributed by atoms with van der Waals surface area (Å²) in [5.41, 5.74) is 4.43. The summed E-state index contributed by atoms with van der Waals surface area (Å²) in [6, 6.07) is 6.47. The van der Waals surface area contributed by atoms with Gasteiger partial charge in [-0.2, -0.15) is 0 Å². The van der Waals surface area contributed by atoms with Gasteiger partial charge in [0.1, 0.15) is 29.3 Å². The number of esters is 4. The Morgan fingerprint density at radius 2 is 1.66 bits per heavy atom. The largest absolute Gasteiger partial charge is 0.468 e. The molecular formula is C22H24N2O8. The molecule has 0 unspecified atom stereocenters. The Labute approximate surface area is 184 Å². The standard InChI is InChI=1S/C22H24N2O8/c1-5-30-19(26)16-12(3)32-21(28)22(16)13-9-7-8-10-14(13)24(11-15(25)29-4)18(23)17(22)20(27)31-6-2/h7-10H,5-6,11,23H2,1-4H3/t22-/m1/s1. The fourth-order valence-electron chi connectivity index (χ4n) is 4.05. The molecule has 10 heteroatoms. The van der Waals surface area contributed by atoms with Gasteiger partial charge in [-0.1, -0.05) is 18.2 Å². The molecule has 1 spiro atoms. The molecule has 1 aromatic rings. The van der Waals surface area contributed by atoms with E-state index in [4.69, 9.17) is 24.7 Å². The number of allylic oxidation sites excluding steroid dienone is 1. The number of para-hydroxylation sites is 1. The van der Waals surface area contributed by atoms with Crippen molar-refractivity contribution in [3.05, 3.63) is 52.6 Å². The minimum absolute atomic E-state index is 0.0146. The molecule has 170 valence electrons. The second kappa shape index (κ2) is 8.74. The molecule has 1 aromatic carbocycles. The second-order valence-electron chi connectivity index (χ2n) is 6.95. The van der Waals surface area contributed by atoms with E-state index in [0.29, 0.717) is 5.69 Å². The second-order valence-corrected chi connectivity index (χ2v) is 6.95. The third-order valence-electron chi connectivity index (χ3n) is 5.27. The smallest absolute Gasteiger partial charge is 0.339 e. The molecule has 0 bridgehead atoms. The van der Waals surface area contributed by atoms with Crippen molar-refractivity contribution in [2.45, 2.75) is 26.2 Å². The topological polar surface area (TPSA) is 134 Å². The normalized spacial score (nSPS) is 19.6. The van der Waals surface area contributed by atoms with E-state index in [2.05, 4.69) is 0 Å². The number of ether oxygens (including phenoxy) is 4. The number of fused-ring (bicyclic) bond motifs is 2. The Morgan fingerprint density at radius 1 is 1.06 bits per heavy atom. The van der Waals surface area contributed by atoms with Gasteiger partial charge in [-0.3, -0.25) is 4.79 Å². The zero-order valence-electron chi connectivity index (χ0n) is 18.2. The number of hydrogen-bond donors (Lipinski definition) is 1. The van der Waals surface area contributed by atoms with Crippen molar-refractivity contribution in [1.82, 2.24) is 0 Å². The van der Waals surface area contributed by atoms with Crippen LogP contribution < -0.4 is 10.6 Å². The van der Waals surface area contributed by atoms with Crippen molar-refractivity contribution in [2.75, 3.05) is 31.8 Å². The zero-order valence-corrected chi connectivity index (χ0v) is 18.2. The molecule has 2 heterocycles. The molecule has 0 aliphatic carbocycles. The number of methoxy groups -OCH3 is 1. The van der Waals surface area contributed by atoms with Crippen LogP contribution in [0.2, 0.25) is 0 Å². The number of hydrogen-bond acceptors (Lipinski definition) is 10. The lowest BCUT2D eigenvalue weighted by molar-refractivity contribution is -0.147. The number of nitrogens with zero attached hydrogens (tertiary/aromatic N) is 1. The number of anilines is 1. The Morgan fingerprint density at radius 3 is 2.25 bits per heavy atom. The summed E-state index contributed by atoms with van der Waals surface area (Å²) in [5, 5.41) is 0. The van der Waals surface area contributed by atoms with E-state index < -0.39 is 29.3 Å². The number of rotatable bonds is 6. The van der Waals surface area contributed by atoms with Gasteiger partial charge in [-0.25, -0.2) is 14.4 Å². The van der Waals surface area contributed by atoms with E-state index in [0.717, 1.165) is 0 Å². The molecule has 3 rings (SSSR count). The van der Waals surface area contributed by atoms with E-state index in [9.17, 15) is 19.2 Å². The number of carbonyl (C=O) groups is 4. The van der Waals surface area contributed by atoms with Crippen LogP contribution in [0.25, 0.3) is 0 Å². The Bertz CT molecular complexity index is 1060. The highest BCUT2D eigenvalue weighted by molar-refractivity contribution is 6.16. The Kier molecular flexibility index (Phi) is 6.24. The van der Waals surface area contributed by atoms with Crippen LogP contribution >= 0.6 is 0 Å². The first kappa shape index (κ1) is 22.9. The van der Waals surface area contributed by atoms with Gasteiger partial charge in [0.15, 0.2) is 5.41 Å². The predicted octanol–water partition coefficient (Wildman–Crippen LogP) is 1.04. The number of nitrogens with two attached hydrogens (primary N) is 1. The third kappa shape index (κ3) is 3.28. The van der Waals surface area contributed by atoms with Crippen molar-refractivity contribution in [3.63, 3.8) is 0 Å². The maximum absolute atomic E-state index is 13.4. The molecular weight excluding hydrogens is 420 g/mol. The van der Waals surface area contributed by atoms with Crippen molar-refractivity contribution in [2.24, 2.45) is 5.73 Å². The monoisotopic (exact) mass is 444 g/mol. The molecule has 0 radical (unpaired) electrons. The number of benzene rings is 1. The maximum Gasteiger partial charge on any atom is 0.339 e. The quantitative estimate of drug-likeness (QED) is 0.501. The summed E-state index contributed by atoms with van der Waals surface area (Å²) in [4.78, 5) is 53.0. The van der Waals surface area contributed by atoms with Gasteiger partial charge in [-0.05, 0) is 26.8 Å². The molecule has 1 atom stereocenters. The molecule has 2 aliphatic heterocycles. The molecule has 10 nitrogen and oxygen atoms in total. The van der Waals surface area contributed by atoms with Crippen LogP contribution in [0.15, 0.2) is 47.0 Å². The first-order valence-corrected chi connectivity index (χ1v) is 9.97. The summed E-state index contributed by atoms with van der Waals surface area (Å²) >= 11 is 0. The average Bonchev–Trinajstić information content (AvgIpc) is 3.01. The first-order chi connectivity index (χ1) is 15.2. The minimum Gasteiger partial charge on any atom is -0.468 e. The fourth-order valence-corrected chi connectivity index (χ4v) is 4.05. The highest BCUT2D eigenvalue weighted by Crippen LogP contribution is 2.54. The molecule has 2 N–H and O–H groups in total. The predicted molar refractivity (Wildman–Crippen MR) is 111 cm³/mol. The SMILES string of the molecule is CCOC(=O)C1=C(C)OC(=O)[C@@]12C(C(=O)OCC)=C(N)N(CC(=O)OC)c1ccccc12. The summed E-state index contributed by atoms with van der Waals surface area (Å²) in [7, 11) is 1.21. The summed E-state index contributed by atoms with van der Waals surface area (Å²) in [6.45, 7) is 4.30. The summed E-state index contributed by atoms with van der Waals surface area (Å²) in [5.74, 6) is -3.53. The molecule has 0 aromatic heterocycles.